The molecule has 2 atom stereocenters. The number of nitrogens with one attached hydrogen (secondary N) is 3. The number of benzene rings is 2. The van der Waals surface area contributed by atoms with E-state index in [2.05, 4.69) is 10.0 Å². The van der Waals surface area contributed by atoms with Gasteiger partial charge in [-0.15, -0.1) is 0 Å². The Hall–Kier alpha value is -3.64. The molecule has 1 aliphatic heterocycles. The molecule has 0 unspecified atom stereocenters. The Bertz CT molecular complexity index is 1250. The molecule has 5 N–H and O–H groups in total. The van der Waals surface area contributed by atoms with Crippen molar-refractivity contribution in [1.29, 1.82) is 5.41 Å². The van der Waals surface area contributed by atoms with Crippen molar-refractivity contribution in [2.45, 2.75) is 37.9 Å². The number of carbonyl (C=O) groups excluding carboxylic acids is 2. The number of nitrogens with zero attached hydrogens (tertiary/aromatic N) is 1. The number of methoxy groups -OCH3 is 2. The van der Waals surface area contributed by atoms with Crippen LogP contribution in [0.25, 0.3) is 0 Å². The van der Waals surface area contributed by atoms with Gasteiger partial charge in [0.2, 0.25) is 21.8 Å². The van der Waals surface area contributed by atoms with Gasteiger partial charge in [-0.1, -0.05) is 24.3 Å². The summed E-state index contributed by atoms with van der Waals surface area (Å²) in [6, 6.07) is 10.2. The number of rotatable bonds is 11. The van der Waals surface area contributed by atoms with E-state index in [-0.39, 0.29) is 24.7 Å². The Morgan fingerprint density at radius 3 is 2.46 bits per heavy atom. The van der Waals surface area contributed by atoms with Crippen LogP contribution in [0.1, 0.15) is 29.5 Å². The molecule has 2 aromatic rings. The minimum Gasteiger partial charge on any atom is -0.497 e. The van der Waals surface area contributed by atoms with Gasteiger partial charge in [0.25, 0.3) is 0 Å². The van der Waals surface area contributed by atoms with Crippen LogP contribution in [-0.4, -0.2) is 70.1 Å². The molecule has 0 radical (unpaired) electrons. The van der Waals surface area contributed by atoms with Crippen LogP contribution in [0.5, 0.6) is 11.5 Å². The van der Waals surface area contributed by atoms with E-state index in [1.165, 1.54) is 12.0 Å². The largest absolute Gasteiger partial charge is 0.497 e. The smallest absolute Gasteiger partial charge is 0.243 e. The van der Waals surface area contributed by atoms with E-state index in [9.17, 15) is 18.0 Å². The van der Waals surface area contributed by atoms with Crippen LogP contribution in [0.4, 0.5) is 0 Å². The maximum absolute atomic E-state index is 13.5. The lowest BCUT2D eigenvalue weighted by molar-refractivity contribution is -0.139. The number of ether oxygens (including phenoxy) is 2. The predicted molar refractivity (Wildman–Crippen MR) is 139 cm³/mol. The first-order chi connectivity index (χ1) is 17.5. The third kappa shape index (κ3) is 7.43. The molecule has 1 saturated heterocycles. The summed E-state index contributed by atoms with van der Waals surface area (Å²) in [5.74, 6) is 0.227. The first-order valence-electron chi connectivity index (χ1n) is 11.7. The minimum atomic E-state index is -3.69. The highest BCUT2D eigenvalue weighted by molar-refractivity contribution is 7.88. The van der Waals surface area contributed by atoms with Gasteiger partial charge in [-0.3, -0.25) is 15.0 Å². The van der Waals surface area contributed by atoms with Gasteiger partial charge in [-0.25, -0.2) is 13.1 Å². The Morgan fingerprint density at radius 2 is 1.86 bits per heavy atom. The quantitative estimate of drug-likeness (QED) is 0.245. The second-order valence-electron chi connectivity index (χ2n) is 8.84. The third-order valence-corrected chi connectivity index (χ3v) is 6.86. The lowest BCUT2D eigenvalue weighted by Crippen LogP contribution is -2.54. The molecule has 1 fully saturated rings. The van der Waals surface area contributed by atoms with Crippen LogP contribution in [-0.2, 0) is 32.6 Å². The summed E-state index contributed by atoms with van der Waals surface area (Å²) >= 11 is 0. The van der Waals surface area contributed by atoms with E-state index in [1.807, 2.05) is 0 Å². The molecule has 0 bridgehead atoms. The average Bonchev–Trinajstić information content (AvgIpc) is 3.36. The van der Waals surface area contributed by atoms with E-state index in [0.29, 0.717) is 42.0 Å². The number of carbonyl (C=O) groups is 2. The number of amidine groups is 1. The van der Waals surface area contributed by atoms with Gasteiger partial charge in [0.15, 0.2) is 0 Å². The highest BCUT2D eigenvalue weighted by Gasteiger charge is 2.38. The summed E-state index contributed by atoms with van der Waals surface area (Å²) in [6.07, 6.45) is 2.21. The SMILES string of the molecule is COc1ccc(C[C@H](NS(C)(=O)=O)C(=O)N2CCC[C@H]2C(=O)NCc2ccc(C(=N)N)cc2OC)cc1. The Balaban J connectivity index is 1.73. The fourth-order valence-corrected chi connectivity index (χ4v) is 5.00. The van der Waals surface area contributed by atoms with Crippen LogP contribution in [0.2, 0.25) is 0 Å². The molecule has 2 amide bonds. The molecule has 11 nitrogen and oxygen atoms in total. The van der Waals surface area contributed by atoms with Crippen molar-refractivity contribution in [2.24, 2.45) is 5.73 Å². The average molecular weight is 532 g/mol. The van der Waals surface area contributed by atoms with Crippen molar-refractivity contribution < 1.29 is 27.5 Å². The molecule has 37 heavy (non-hydrogen) atoms. The molecule has 200 valence electrons. The topological polar surface area (TPSA) is 164 Å². The van der Waals surface area contributed by atoms with Gasteiger partial charge in [0.05, 0.1) is 20.5 Å². The fraction of sp³-hybridized carbons (Fsp3) is 0.400. The lowest BCUT2D eigenvalue weighted by atomic mass is 10.0. The number of nitrogens with two attached hydrogens (primary N) is 1. The van der Waals surface area contributed by atoms with Crippen molar-refractivity contribution in [3.8, 4) is 11.5 Å². The summed E-state index contributed by atoms with van der Waals surface area (Å²) in [4.78, 5) is 28.0. The number of likely N-dealkylation sites (tertiary alicyclic amines) is 1. The molecular weight excluding hydrogens is 498 g/mol. The van der Waals surface area contributed by atoms with E-state index >= 15 is 0 Å². The molecule has 0 saturated carbocycles. The van der Waals surface area contributed by atoms with Crippen molar-refractivity contribution in [3.63, 3.8) is 0 Å². The second-order valence-corrected chi connectivity index (χ2v) is 10.6. The third-order valence-electron chi connectivity index (χ3n) is 6.14. The summed E-state index contributed by atoms with van der Waals surface area (Å²) in [5.41, 5.74) is 7.47. The number of hydrogen-bond acceptors (Lipinski definition) is 7. The van der Waals surface area contributed by atoms with E-state index in [4.69, 9.17) is 20.6 Å². The van der Waals surface area contributed by atoms with E-state index in [1.54, 1.807) is 49.6 Å². The maximum Gasteiger partial charge on any atom is 0.243 e. The van der Waals surface area contributed by atoms with Crippen molar-refractivity contribution >= 4 is 27.7 Å². The second kappa shape index (κ2) is 12.1. The first-order valence-corrected chi connectivity index (χ1v) is 13.6. The van der Waals surface area contributed by atoms with Gasteiger partial charge in [-0.2, -0.15) is 0 Å². The van der Waals surface area contributed by atoms with Gasteiger partial charge in [-0.05, 0) is 43.0 Å². The number of hydrogen-bond donors (Lipinski definition) is 4. The molecular formula is C25H33N5O6S. The molecule has 1 aliphatic rings. The molecule has 1 heterocycles. The Kier molecular flexibility index (Phi) is 9.11. The molecule has 0 spiro atoms. The molecule has 2 aromatic carbocycles. The van der Waals surface area contributed by atoms with Crippen molar-refractivity contribution in [2.75, 3.05) is 27.0 Å². The number of amides is 2. The number of sulfonamides is 1. The first kappa shape index (κ1) is 27.9. The van der Waals surface area contributed by atoms with E-state index in [0.717, 1.165) is 11.8 Å². The Morgan fingerprint density at radius 1 is 1.16 bits per heavy atom. The highest BCUT2D eigenvalue weighted by Crippen LogP contribution is 2.23. The van der Waals surface area contributed by atoms with Gasteiger partial charge in [0, 0.05) is 24.2 Å². The van der Waals surface area contributed by atoms with Crippen LogP contribution in [0.3, 0.4) is 0 Å². The number of nitrogen functional groups attached to an aromatic ring is 1. The zero-order valence-electron chi connectivity index (χ0n) is 21.1. The summed E-state index contributed by atoms with van der Waals surface area (Å²) < 4.78 is 37.0. The normalized spacial score (nSPS) is 16.2. The van der Waals surface area contributed by atoms with Crippen LogP contribution in [0.15, 0.2) is 42.5 Å². The monoisotopic (exact) mass is 531 g/mol. The highest BCUT2D eigenvalue weighted by atomic mass is 32.2. The van der Waals surface area contributed by atoms with Crippen molar-refractivity contribution in [3.05, 3.63) is 59.2 Å². The van der Waals surface area contributed by atoms with Gasteiger partial charge < -0.3 is 25.4 Å². The summed E-state index contributed by atoms with van der Waals surface area (Å²) in [7, 11) is -0.663. The van der Waals surface area contributed by atoms with Crippen LogP contribution < -0.4 is 25.2 Å². The van der Waals surface area contributed by atoms with Crippen LogP contribution >= 0.6 is 0 Å². The predicted octanol–water partition coefficient (Wildman–Crippen LogP) is 0.756. The lowest BCUT2D eigenvalue weighted by Gasteiger charge is -2.28. The van der Waals surface area contributed by atoms with E-state index < -0.39 is 28.0 Å². The van der Waals surface area contributed by atoms with Gasteiger partial charge >= 0.3 is 0 Å². The fourth-order valence-electron chi connectivity index (χ4n) is 4.30. The molecule has 12 heteroatoms. The molecule has 3 rings (SSSR count). The van der Waals surface area contributed by atoms with Gasteiger partial charge in [0.1, 0.15) is 29.4 Å². The van der Waals surface area contributed by atoms with Crippen molar-refractivity contribution in [1.82, 2.24) is 14.9 Å². The molecule has 0 aromatic heterocycles. The summed E-state index contributed by atoms with van der Waals surface area (Å²) in [6.45, 7) is 0.494. The zero-order chi connectivity index (χ0) is 27.2. The Labute approximate surface area is 216 Å². The summed E-state index contributed by atoms with van der Waals surface area (Å²) in [5, 5.41) is 10.4. The molecule has 0 aliphatic carbocycles. The van der Waals surface area contributed by atoms with Crippen LogP contribution in [0, 0.1) is 5.41 Å². The minimum absolute atomic E-state index is 0.0964. The zero-order valence-corrected chi connectivity index (χ0v) is 21.9. The standard InChI is InChI=1S/C25H33N5O6S/c1-35-19-10-6-16(7-11-19)13-20(29-37(3,33)34)25(32)30-12-4-5-21(30)24(31)28-15-18-9-8-17(23(26)27)14-22(18)36-2/h6-11,14,20-21,29H,4-5,12-13,15H2,1-3H3,(H3,26,27)(H,28,31)/t20-,21-/m0/s1. The maximum atomic E-state index is 13.5.